The van der Waals surface area contributed by atoms with Crippen molar-refractivity contribution in [2.45, 2.75) is 26.4 Å². The van der Waals surface area contributed by atoms with Gasteiger partial charge in [-0.1, -0.05) is 13.8 Å². The van der Waals surface area contributed by atoms with Gasteiger partial charge in [-0.15, -0.1) is 11.3 Å². The number of thiazole rings is 1. The summed E-state index contributed by atoms with van der Waals surface area (Å²) < 4.78 is 4.92. The van der Waals surface area contributed by atoms with E-state index in [0.717, 1.165) is 9.88 Å². The van der Waals surface area contributed by atoms with Gasteiger partial charge in [0.05, 0.1) is 13.2 Å². The first-order chi connectivity index (χ1) is 6.21. The highest BCUT2D eigenvalue weighted by molar-refractivity contribution is 7.11. The summed E-state index contributed by atoms with van der Waals surface area (Å²) in [4.78, 5) is 5.22. The van der Waals surface area contributed by atoms with Crippen LogP contribution in [0.4, 0.5) is 0 Å². The molecule has 0 aromatic carbocycles. The molecule has 0 atom stereocenters. The van der Waals surface area contributed by atoms with Crippen LogP contribution < -0.4 is 0 Å². The normalized spacial score (nSPS) is 18.5. The van der Waals surface area contributed by atoms with E-state index < -0.39 is 5.60 Å². The van der Waals surface area contributed by atoms with E-state index in [9.17, 15) is 5.11 Å². The molecule has 0 saturated carbocycles. The second-order valence-electron chi connectivity index (χ2n) is 2.80. The summed E-state index contributed by atoms with van der Waals surface area (Å²) in [5, 5.41) is 10.5. The lowest BCUT2D eigenvalue weighted by molar-refractivity contribution is -0.184. The zero-order valence-electron chi connectivity index (χ0n) is 8.20. The second-order valence-corrected chi connectivity index (χ2v) is 4.04. The van der Waals surface area contributed by atoms with Crippen LogP contribution in [-0.2, 0) is 10.3 Å². The molecule has 2 heterocycles. The van der Waals surface area contributed by atoms with Crippen LogP contribution in [0.25, 0.3) is 0 Å². The SMILES string of the molecule is CC.Cc1cnc(C2(O)COC2)s1. The standard InChI is InChI=1S/C7H9NO2S.C2H6/c1-5-2-8-6(11-5)7(9)3-10-4-7;1-2/h2,9H,3-4H2,1H3;1-2H3. The summed E-state index contributed by atoms with van der Waals surface area (Å²) in [5.41, 5.74) is -0.779. The fraction of sp³-hybridized carbons (Fsp3) is 0.667. The Hall–Kier alpha value is -0.450. The van der Waals surface area contributed by atoms with Gasteiger partial charge in [0.1, 0.15) is 5.01 Å². The molecule has 1 fully saturated rings. The average Bonchev–Trinajstić information content (AvgIpc) is 2.52. The van der Waals surface area contributed by atoms with Crippen molar-refractivity contribution in [3.05, 3.63) is 16.1 Å². The Bertz CT molecular complexity index is 268. The van der Waals surface area contributed by atoms with Gasteiger partial charge in [0.25, 0.3) is 0 Å². The zero-order chi connectivity index (χ0) is 9.90. The van der Waals surface area contributed by atoms with Crippen LogP contribution in [0, 0.1) is 6.92 Å². The van der Waals surface area contributed by atoms with E-state index in [0.29, 0.717) is 13.2 Å². The number of rotatable bonds is 1. The van der Waals surface area contributed by atoms with Crippen LogP contribution in [0.1, 0.15) is 23.7 Å². The molecular formula is C9H15NO2S. The van der Waals surface area contributed by atoms with Gasteiger partial charge < -0.3 is 9.84 Å². The first kappa shape index (κ1) is 10.6. The minimum absolute atomic E-state index is 0.389. The van der Waals surface area contributed by atoms with E-state index >= 15 is 0 Å². The molecule has 1 N–H and O–H groups in total. The Balaban J connectivity index is 0.000000396. The number of hydrogen-bond donors (Lipinski definition) is 1. The molecule has 1 saturated heterocycles. The van der Waals surface area contributed by atoms with Crippen molar-refractivity contribution in [2.75, 3.05) is 13.2 Å². The highest BCUT2D eigenvalue weighted by atomic mass is 32.1. The third kappa shape index (κ3) is 2.07. The molecule has 1 aromatic heterocycles. The van der Waals surface area contributed by atoms with Crippen LogP contribution in [0.3, 0.4) is 0 Å². The summed E-state index contributed by atoms with van der Waals surface area (Å²) in [5.74, 6) is 0. The summed E-state index contributed by atoms with van der Waals surface area (Å²) in [6.07, 6.45) is 1.77. The number of hydrogen-bond acceptors (Lipinski definition) is 4. The minimum atomic E-state index is -0.779. The van der Waals surface area contributed by atoms with E-state index in [1.54, 1.807) is 6.20 Å². The zero-order valence-corrected chi connectivity index (χ0v) is 9.02. The number of aliphatic hydroxyl groups is 1. The molecule has 13 heavy (non-hydrogen) atoms. The predicted molar refractivity (Wildman–Crippen MR) is 52.9 cm³/mol. The van der Waals surface area contributed by atoms with Crippen LogP contribution in [0.5, 0.6) is 0 Å². The summed E-state index contributed by atoms with van der Waals surface area (Å²) in [7, 11) is 0. The molecule has 0 bridgehead atoms. The molecule has 0 amide bonds. The minimum Gasteiger partial charge on any atom is -0.378 e. The smallest absolute Gasteiger partial charge is 0.162 e. The molecule has 4 heteroatoms. The molecule has 0 spiro atoms. The lowest BCUT2D eigenvalue weighted by Gasteiger charge is -2.34. The van der Waals surface area contributed by atoms with Crippen molar-refractivity contribution in [3.63, 3.8) is 0 Å². The quantitative estimate of drug-likeness (QED) is 0.752. The Morgan fingerprint density at radius 1 is 1.54 bits per heavy atom. The van der Waals surface area contributed by atoms with Crippen molar-refractivity contribution < 1.29 is 9.84 Å². The van der Waals surface area contributed by atoms with E-state index in [-0.39, 0.29) is 0 Å². The van der Waals surface area contributed by atoms with Crippen LogP contribution in [0.15, 0.2) is 6.20 Å². The van der Waals surface area contributed by atoms with Crippen LogP contribution >= 0.6 is 11.3 Å². The summed E-state index contributed by atoms with van der Waals surface area (Å²) in [6.45, 7) is 6.75. The van der Waals surface area contributed by atoms with E-state index in [1.165, 1.54) is 11.3 Å². The van der Waals surface area contributed by atoms with E-state index in [4.69, 9.17) is 4.74 Å². The number of nitrogens with zero attached hydrogens (tertiary/aromatic N) is 1. The lowest BCUT2D eigenvalue weighted by Crippen LogP contribution is -2.46. The molecule has 0 unspecified atom stereocenters. The first-order valence-electron chi connectivity index (χ1n) is 4.44. The number of aromatic nitrogens is 1. The maximum atomic E-state index is 9.72. The van der Waals surface area contributed by atoms with Gasteiger partial charge in [-0.05, 0) is 6.92 Å². The Morgan fingerprint density at radius 3 is 2.46 bits per heavy atom. The molecule has 74 valence electrons. The molecule has 2 rings (SSSR count). The van der Waals surface area contributed by atoms with Crippen molar-refractivity contribution in [1.82, 2.24) is 4.98 Å². The monoisotopic (exact) mass is 201 g/mol. The predicted octanol–water partition coefficient (Wildman–Crippen LogP) is 1.70. The Morgan fingerprint density at radius 2 is 2.15 bits per heavy atom. The van der Waals surface area contributed by atoms with Crippen molar-refractivity contribution in [2.24, 2.45) is 0 Å². The topological polar surface area (TPSA) is 42.4 Å². The average molecular weight is 201 g/mol. The third-order valence-corrected chi connectivity index (χ3v) is 2.81. The summed E-state index contributed by atoms with van der Waals surface area (Å²) >= 11 is 1.53. The lowest BCUT2D eigenvalue weighted by atomic mass is 10.0. The highest BCUT2D eigenvalue weighted by Gasteiger charge is 2.40. The van der Waals surface area contributed by atoms with Crippen LogP contribution in [0.2, 0.25) is 0 Å². The van der Waals surface area contributed by atoms with Crippen LogP contribution in [-0.4, -0.2) is 23.3 Å². The Kier molecular flexibility index (Phi) is 3.41. The molecule has 1 aliphatic heterocycles. The third-order valence-electron chi connectivity index (χ3n) is 1.70. The fourth-order valence-corrected chi connectivity index (χ4v) is 1.81. The fourth-order valence-electron chi connectivity index (χ4n) is 0.989. The second kappa shape index (κ2) is 4.17. The van der Waals surface area contributed by atoms with Crippen molar-refractivity contribution in [3.8, 4) is 0 Å². The van der Waals surface area contributed by atoms with Crippen molar-refractivity contribution >= 4 is 11.3 Å². The van der Waals surface area contributed by atoms with Gasteiger partial charge in [0, 0.05) is 11.1 Å². The van der Waals surface area contributed by atoms with Gasteiger partial charge in [-0.25, -0.2) is 4.98 Å². The van der Waals surface area contributed by atoms with Gasteiger partial charge in [-0.3, -0.25) is 0 Å². The number of ether oxygens (including phenoxy) is 1. The molecule has 1 aliphatic rings. The van der Waals surface area contributed by atoms with Crippen molar-refractivity contribution in [1.29, 1.82) is 0 Å². The molecule has 0 aliphatic carbocycles. The molecule has 1 aromatic rings. The summed E-state index contributed by atoms with van der Waals surface area (Å²) in [6, 6.07) is 0. The van der Waals surface area contributed by atoms with Gasteiger partial charge in [-0.2, -0.15) is 0 Å². The highest BCUT2D eigenvalue weighted by Crippen LogP contribution is 2.31. The molecule has 3 nitrogen and oxygen atoms in total. The first-order valence-corrected chi connectivity index (χ1v) is 5.25. The van der Waals surface area contributed by atoms with Gasteiger partial charge in [0.2, 0.25) is 0 Å². The molecular weight excluding hydrogens is 186 g/mol. The number of aryl methyl sites for hydroxylation is 1. The largest absolute Gasteiger partial charge is 0.378 e. The maximum Gasteiger partial charge on any atom is 0.162 e. The Labute approximate surface area is 82.4 Å². The maximum absolute atomic E-state index is 9.72. The van der Waals surface area contributed by atoms with E-state index in [1.807, 2.05) is 20.8 Å². The molecule has 0 radical (unpaired) electrons. The van der Waals surface area contributed by atoms with Gasteiger partial charge in [0.15, 0.2) is 5.60 Å². The van der Waals surface area contributed by atoms with E-state index in [2.05, 4.69) is 4.98 Å². The van der Waals surface area contributed by atoms with Gasteiger partial charge >= 0.3 is 0 Å².